The van der Waals surface area contributed by atoms with E-state index in [0.717, 1.165) is 14.8 Å². The first kappa shape index (κ1) is 10.7. The minimum Gasteiger partial charge on any atom is -0.389 e. The molecule has 4 heteroatoms. The molecule has 0 aliphatic carbocycles. The van der Waals surface area contributed by atoms with E-state index in [9.17, 15) is 5.11 Å². The highest BCUT2D eigenvalue weighted by molar-refractivity contribution is 8.01. The van der Waals surface area contributed by atoms with Gasteiger partial charge in [-0.15, -0.1) is 11.3 Å². The van der Waals surface area contributed by atoms with Gasteiger partial charge in [-0.3, -0.25) is 0 Å². The first-order chi connectivity index (χ1) is 7.27. The lowest BCUT2D eigenvalue weighted by Crippen LogP contribution is -1.92. The number of benzene rings is 1. The fourth-order valence-electron chi connectivity index (χ4n) is 1.27. The summed E-state index contributed by atoms with van der Waals surface area (Å²) in [5.41, 5.74) is 0.956. The molecule has 0 saturated carbocycles. The summed E-state index contributed by atoms with van der Waals surface area (Å²) in [5.74, 6) is 0. The van der Waals surface area contributed by atoms with Crippen molar-refractivity contribution in [3.8, 4) is 0 Å². The summed E-state index contributed by atoms with van der Waals surface area (Å²) in [5, 5.41) is 11.6. The Balaban J connectivity index is 2.28. The molecule has 2 aromatic rings. The molecule has 0 aliphatic rings. The summed E-state index contributed by atoms with van der Waals surface area (Å²) >= 11 is 3.21. The lowest BCUT2D eigenvalue weighted by Gasteiger charge is -2.09. The molecule has 2 nitrogen and oxygen atoms in total. The van der Waals surface area contributed by atoms with E-state index in [0.29, 0.717) is 0 Å². The molecular formula is C11H11NOS2. The van der Waals surface area contributed by atoms with Gasteiger partial charge in [-0.05, 0) is 18.6 Å². The normalized spacial score (nSPS) is 12.7. The van der Waals surface area contributed by atoms with Crippen LogP contribution in [0.4, 0.5) is 0 Å². The van der Waals surface area contributed by atoms with Crippen LogP contribution in [0.2, 0.25) is 0 Å². The molecule has 0 radical (unpaired) electrons. The van der Waals surface area contributed by atoms with Gasteiger partial charge in [0.2, 0.25) is 0 Å². The molecule has 15 heavy (non-hydrogen) atoms. The average Bonchev–Trinajstić information content (AvgIpc) is 2.71. The van der Waals surface area contributed by atoms with Crippen LogP contribution in [0.3, 0.4) is 0 Å². The molecule has 1 N–H and O–H groups in total. The fourth-order valence-corrected chi connectivity index (χ4v) is 3.07. The van der Waals surface area contributed by atoms with Crippen LogP contribution < -0.4 is 0 Å². The Morgan fingerprint density at radius 3 is 2.87 bits per heavy atom. The Hall–Kier alpha value is -0.840. The van der Waals surface area contributed by atoms with Gasteiger partial charge in [-0.25, -0.2) is 4.98 Å². The summed E-state index contributed by atoms with van der Waals surface area (Å²) in [6, 6.07) is 7.87. The van der Waals surface area contributed by atoms with E-state index in [4.69, 9.17) is 0 Å². The maximum atomic E-state index is 9.60. The number of aliphatic hydroxyl groups is 1. The van der Waals surface area contributed by atoms with Crippen LogP contribution >= 0.6 is 23.1 Å². The molecule has 0 amide bonds. The molecule has 2 rings (SSSR count). The van der Waals surface area contributed by atoms with E-state index in [1.165, 1.54) is 0 Å². The minimum atomic E-state index is -0.436. The van der Waals surface area contributed by atoms with Gasteiger partial charge in [0.15, 0.2) is 4.34 Å². The summed E-state index contributed by atoms with van der Waals surface area (Å²) in [4.78, 5) is 5.28. The van der Waals surface area contributed by atoms with Gasteiger partial charge in [-0.1, -0.05) is 30.0 Å². The zero-order valence-corrected chi connectivity index (χ0v) is 9.89. The molecule has 1 heterocycles. The largest absolute Gasteiger partial charge is 0.389 e. The zero-order chi connectivity index (χ0) is 10.7. The second-order valence-electron chi connectivity index (χ2n) is 3.11. The van der Waals surface area contributed by atoms with Crippen LogP contribution in [0.5, 0.6) is 0 Å². The highest BCUT2D eigenvalue weighted by atomic mass is 32.2. The van der Waals surface area contributed by atoms with Crippen LogP contribution in [0, 0.1) is 0 Å². The molecule has 0 bridgehead atoms. The average molecular weight is 237 g/mol. The third kappa shape index (κ3) is 2.59. The van der Waals surface area contributed by atoms with Crippen LogP contribution in [0.25, 0.3) is 0 Å². The molecule has 1 aromatic heterocycles. The molecule has 0 spiro atoms. The number of thiazole rings is 1. The maximum absolute atomic E-state index is 9.60. The standard InChI is InChI=1S/C11H11NOS2/c1-8(13)9-4-2-3-5-10(9)15-11-12-6-7-14-11/h2-8,13H,1H3. The first-order valence-corrected chi connectivity index (χ1v) is 6.31. The van der Waals surface area contributed by atoms with Crippen LogP contribution in [-0.2, 0) is 0 Å². The Kier molecular flexibility index (Phi) is 3.41. The number of aromatic nitrogens is 1. The van der Waals surface area contributed by atoms with E-state index >= 15 is 0 Å². The topological polar surface area (TPSA) is 33.1 Å². The molecule has 0 fully saturated rings. The first-order valence-electron chi connectivity index (χ1n) is 4.61. The van der Waals surface area contributed by atoms with Gasteiger partial charge in [0.1, 0.15) is 0 Å². The molecule has 78 valence electrons. The van der Waals surface area contributed by atoms with Crippen molar-refractivity contribution in [2.24, 2.45) is 0 Å². The van der Waals surface area contributed by atoms with Gasteiger partial charge >= 0.3 is 0 Å². The molecular weight excluding hydrogens is 226 g/mol. The number of rotatable bonds is 3. The van der Waals surface area contributed by atoms with Gasteiger partial charge < -0.3 is 5.11 Å². The van der Waals surface area contributed by atoms with E-state index in [1.54, 1.807) is 36.2 Å². The smallest absolute Gasteiger partial charge is 0.154 e. The SMILES string of the molecule is CC(O)c1ccccc1Sc1nccs1. The van der Waals surface area contributed by atoms with Gasteiger partial charge in [0.25, 0.3) is 0 Å². The quantitative estimate of drug-likeness (QED) is 0.888. The second kappa shape index (κ2) is 4.79. The molecule has 1 aromatic carbocycles. The number of hydrogen-bond donors (Lipinski definition) is 1. The van der Waals surface area contributed by atoms with Gasteiger partial charge in [0, 0.05) is 16.5 Å². The second-order valence-corrected chi connectivity index (χ2v) is 5.30. The number of aliphatic hydroxyl groups excluding tert-OH is 1. The van der Waals surface area contributed by atoms with E-state index in [-0.39, 0.29) is 0 Å². The van der Waals surface area contributed by atoms with Crippen molar-refractivity contribution >= 4 is 23.1 Å². The van der Waals surface area contributed by atoms with E-state index in [2.05, 4.69) is 4.98 Å². The van der Waals surface area contributed by atoms with Crippen LogP contribution in [0.15, 0.2) is 45.1 Å². The van der Waals surface area contributed by atoms with Crippen molar-refractivity contribution in [1.82, 2.24) is 4.98 Å². The number of hydrogen-bond acceptors (Lipinski definition) is 4. The highest BCUT2D eigenvalue weighted by Gasteiger charge is 2.09. The minimum absolute atomic E-state index is 0.436. The fraction of sp³-hybridized carbons (Fsp3) is 0.182. The summed E-state index contributed by atoms with van der Waals surface area (Å²) in [6.07, 6.45) is 1.35. The zero-order valence-electron chi connectivity index (χ0n) is 8.25. The van der Waals surface area contributed by atoms with Crippen molar-refractivity contribution in [1.29, 1.82) is 0 Å². The molecule has 0 aliphatic heterocycles. The van der Waals surface area contributed by atoms with Crippen LogP contribution in [0.1, 0.15) is 18.6 Å². The Labute approximate surface area is 97.0 Å². The third-order valence-electron chi connectivity index (χ3n) is 1.98. The lowest BCUT2D eigenvalue weighted by molar-refractivity contribution is 0.196. The Bertz CT molecular complexity index is 426. The summed E-state index contributed by atoms with van der Waals surface area (Å²) in [6.45, 7) is 1.78. The Morgan fingerprint density at radius 1 is 1.40 bits per heavy atom. The Morgan fingerprint density at radius 2 is 2.20 bits per heavy atom. The van der Waals surface area contributed by atoms with Gasteiger partial charge in [-0.2, -0.15) is 0 Å². The molecule has 0 saturated heterocycles. The van der Waals surface area contributed by atoms with Crippen molar-refractivity contribution in [3.05, 3.63) is 41.4 Å². The summed E-state index contributed by atoms with van der Waals surface area (Å²) < 4.78 is 1.00. The van der Waals surface area contributed by atoms with Crippen molar-refractivity contribution < 1.29 is 5.11 Å². The molecule has 1 unspecified atom stereocenters. The predicted octanol–water partition coefficient (Wildman–Crippen LogP) is 3.35. The predicted molar refractivity (Wildman–Crippen MR) is 63.3 cm³/mol. The van der Waals surface area contributed by atoms with E-state index < -0.39 is 6.10 Å². The monoisotopic (exact) mass is 237 g/mol. The maximum Gasteiger partial charge on any atom is 0.154 e. The van der Waals surface area contributed by atoms with Crippen molar-refractivity contribution in [2.45, 2.75) is 22.3 Å². The third-order valence-corrected chi connectivity index (χ3v) is 3.95. The van der Waals surface area contributed by atoms with Crippen molar-refractivity contribution in [3.63, 3.8) is 0 Å². The summed E-state index contributed by atoms with van der Waals surface area (Å²) in [7, 11) is 0. The highest BCUT2D eigenvalue weighted by Crippen LogP contribution is 2.33. The number of nitrogens with zero attached hydrogens (tertiary/aromatic N) is 1. The molecule has 1 atom stereocenters. The van der Waals surface area contributed by atoms with E-state index in [1.807, 2.05) is 29.6 Å². The van der Waals surface area contributed by atoms with Gasteiger partial charge in [0.05, 0.1) is 6.10 Å². The van der Waals surface area contributed by atoms with Crippen LogP contribution in [-0.4, -0.2) is 10.1 Å². The lowest BCUT2D eigenvalue weighted by atomic mass is 10.1. The van der Waals surface area contributed by atoms with Crippen molar-refractivity contribution in [2.75, 3.05) is 0 Å².